The molecule has 0 amide bonds. The summed E-state index contributed by atoms with van der Waals surface area (Å²) in [7, 11) is 0. The van der Waals surface area contributed by atoms with E-state index in [4.69, 9.17) is 9.15 Å². The van der Waals surface area contributed by atoms with Gasteiger partial charge in [0.05, 0.1) is 25.5 Å². The van der Waals surface area contributed by atoms with Crippen LogP contribution in [0.1, 0.15) is 37.5 Å². The maximum atomic E-state index is 6.07. The smallest absolute Gasteiger partial charge is 0.191 e. The summed E-state index contributed by atoms with van der Waals surface area (Å²) in [5.74, 6) is 2.61. The summed E-state index contributed by atoms with van der Waals surface area (Å²) in [4.78, 5) is 4.67. The molecule has 1 aliphatic rings. The predicted octanol–water partition coefficient (Wildman–Crippen LogP) is 3.47. The van der Waals surface area contributed by atoms with Crippen LogP contribution in [-0.2, 0) is 13.1 Å². The number of furan rings is 1. The van der Waals surface area contributed by atoms with Crippen molar-refractivity contribution in [2.75, 3.05) is 6.54 Å². The van der Waals surface area contributed by atoms with E-state index in [1.165, 1.54) is 6.42 Å². The van der Waals surface area contributed by atoms with Crippen LogP contribution in [0.2, 0.25) is 0 Å². The van der Waals surface area contributed by atoms with Crippen LogP contribution in [0.15, 0.2) is 52.1 Å². The Balaban J connectivity index is 1.62. The van der Waals surface area contributed by atoms with Gasteiger partial charge in [0.1, 0.15) is 11.5 Å². The molecule has 5 nitrogen and oxygen atoms in total. The van der Waals surface area contributed by atoms with Crippen LogP contribution >= 0.6 is 0 Å². The normalized spacial score (nSPS) is 15.0. The summed E-state index contributed by atoms with van der Waals surface area (Å²) in [6.07, 6.45) is 5.64. The molecule has 3 rings (SSSR count). The summed E-state index contributed by atoms with van der Waals surface area (Å²) in [6.45, 7) is 4.05. The first-order valence-corrected chi connectivity index (χ1v) is 8.64. The van der Waals surface area contributed by atoms with Crippen molar-refractivity contribution in [3.8, 4) is 5.75 Å². The third-order valence-electron chi connectivity index (χ3n) is 4.08. The van der Waals surface area contributed by atoms with Crippen LogP contribution in [-0.4, -0.2) is 18.6 Å². The lowest BCUT2D eigenvalue weighted by atomic mass is 9.96. The van der Waals surface area contributed by atoms with E-state index in [0.29, 0.717) is 19.2 Å². The summed E-state index contributed by atoms with van der Waals surface area (Å²) in [5, 5.41) is 6.53. The Morgan fingerprint density at radius 2 is 2.08 bits per heavy atom. The van der Waals surface area contributed by atoms with Crippen molar-refractivity contribution < 1.29 is 9.15 Å². The lowest BCUT2D eigenvalue weighted by Gasteiger charge is -2.27. The predicted molar refractivity (Wildman–Crippen MR) is 95.1 cm³/mol. The number of benzene rings is 1. The molecule has 1 aromatic carbocycles. The standard InChI is InChI=1S/C19H25N3O2/c1-2-20-19(22-14-17-10-6-12-23-17)21-13-15-7-3-4-11-18(15)24-16-8-5-9-16/h3-4,6-7,10-12,16H,2,5,8-9,13-14H2,1H3,(H2,20,21,22). The highest BCUT2D eigenvalue weighted by Gasteiger charge is 2.20. The Morgan fingerprint density at radius 1 is 1.21 bits per heavy atom. The first-order valence-electron chi connectivity index (χ1n) is 8.64. The van der Waals surface area contributed by atoms with E-state index >= 15 is 0 Å². The Morgan fingerprint density at radius 3 is 2.79 bits per heavy atom. The molecule has 0 bridgehead atoms. The quantitative estimate of drug-likeness (QED) is 0.604. The van der Waals surface area contributed by atoms with Gasteiger partial charge in [0.2, 0.25) is 0 Å². The van der Waals surface area contributed by atoms with Gasteiger partial charge in [0.25, 0.3) is 0 Å². The monoisotopic (exact) mass is 327 g/mol. The van der Waals surface area contributed by atoms with E-state index in [0.717, 1.165) is 42.4 Å². The molecule has 24 heavy (non-hydrogen) atoms. The molecule has 1 fully saturated rings. The molecule has 0 spiro atoms. The fourth-order valence-electron chi connectivity index (χ4n) is 2.51. The van der Waals surface area contributed by atoms with Crippen molar-refractivity contribution in [1.82, 2.24) is 10.6 Å². The third-order valence-corrected chi connectivity index (χ3v) is 4.08. The number of nitrogens with one attached hydrogen (secondary N) is 2. The second kappa shape index (κ2) is 8.43. The Kier molecular flexibility index (Phi) is 5.77. The largest absolute Gasteiger partial charge is 0.490 e. The van der Waals surface area contributed by atoms with Crippen LogP contribution in [0.4, 0.5) is 0 Å². The number of hydrogen-bond acceptors (Lipinski definition) is 3. The molecule has 0 aliphatic heterocycles. The van der Waals surface area contributed by atoms with E-state index in [9.17, 15) is 0 Å². The molecule has 2 aromatic rings. The number of para-hydroxylation sites is 1. The second-order valence-electron chi connectivity index (χ2n) is 5.91. The van der Waals surface area contributed by atoms with Gasteiger partial charge in [-0.25, -0.2) is 4.99 Å². The van der Waals surface area contributed by atoms with Crippen molar-refractivity contribution >= 4 is 5.96 Å². The Hall–Kier alpha value is -2.43. The van der Waals surface area contributed by atoms with Gasteiger partial charge in [-0.3, -0.25) is 0 Å². The number of nitrogens with zero attached hydrogens (tertiary/aromatic N) is 1. The molecule has 128 valence electrons. The number of rotatable bonds is 7. The number of ether oxygens (including phenoxy) is 1. The van der Waals surface area contributed by atoms with Crippen LogP contribution in [0.5, 0.6) is 5.75 Å². The lowest BCUT2D eigenvalue weighted by molar-refractivity contribution is 0.119. The van der Waals surface area contributed by atoms with Crippen LogP contribution < -0.4 is 15.4 Å². The number of hydrogen-bond donors (Lipinski definition) is 2. The van der Waals surface area contributed by atoms with Crippen molar-refractivity contribution in [3.05, 3.63) is 54.0 Å². The summed E-state index contributed by atoms with van der Waals surface area (Å²) < 4.78 is 11.4. The van der Waals surface area contributed by atoms with Crippen LogP contribution in [0.3, 0.4) is 0 Å². The molecular formula is C19H25N3O2. The fourth-order valence-corrected chi connectivity index (χ4v) is 2.51. The zero-order chi connectivity index (χ0) is 16.6. The molecule has 1 heterocycles. The van der Waals surface area contributed by atoms with E-state index in [-0.39, 0.29) is 0 Å². The molecule has 0 saturated heterocycles. The van der Waals surface area contributed by atoms with E-state index in [1.807, 2.05) is 30.3 Å². The maximum absolute atomic E-state index is 6.07. The van der Waals surface area contributed by atoms with Gasteiger partial charge in [0.15, 0.2) is 5.96 Å². The zero-order valence-electron chi connectivity index (χ0n) is 14.1. The first-order chi connectivity index (χ1) is 11.8. The molecule has 0 atom stereocenters. The Labute approximate surface area is 143 Å². The van der Waals surface area contributed by atoms with Gasteiger partial charge < -0.3 is 19.8 Å². The van der Waals surface area contributed by atoms with Gasteiger partial charge in [-0.15, -0.1) is 0 Å². The minimum Gasteiger partial charge on any atom is -0.490 e. The fraction of sp³-hybridized carbons (Fsp3) is 0.421. The third kappa shape index (κ3) is 4.54. The van der Waals surface area contributed by atoms with E-state index < -0.39 is 0 Å². The molecule has 1 aromatic heterocycles. The van der Waals surface area contributed by atoms with Crippen molar-refractivity contribution in [3.63, 3.8) is 0 Å². The van der Waals surface area contributed by atoms with Gasteiger partial charge in [-0.2, -0.15) is 0 Å². The summed E-state index contributed by atoms with van der Waals surface area (Å²) >= 11 is 0. The first kappa shape index (κ1) is 16.4. The minimum absolute atomic E-state index is 0.375. The van der Waals surface area contributed by atoms with Crippen molar-refractivity contribution in [2.45, 2.75) is 45.4 Å². The lowest BCUT2D eigenvalue weighted by Crippen LogP contribution is -2.36. The van der Waals surface area contributed by atoms with Crippen LogP contribution in [0.25, 0.3) is 0 Å². The van der Waals surface area contributed by atoms with Gasteiger partial charge >= 0.3 is 0 Å². The average molecular weight is 327 g/mol. The summed E-state index contributed by atoms with van der Waals surface area (Å²) in [6, 6.07) is 12.0. The van der Waals surface area contributed by atoms with E-state index in [1.54, 1.807) is 6.26 Å². The number of aliphatic imine (C=N–C) groups is 1. The van der Waals surface area contributed by atoms with E-state index in [2.05, 4.69) is 28.6 Å². The highest BCUT2D eigenvalue weighted by Crippen LogP contribution is 2.27. The van der Waals surface area contributed by atoms with Crippen LogP contribution in [0, 0.1) is 0 Å². The topological polar surface area (TPSA) is 58.8 Å². The second-order valence-corrected chi connectivity index (χ2v) is 5.91. The summed E-state index contributed by atoms with van der Waals surface area (Å²) in [5.41, 5.74) is 1.11. The SMILES string of the molecule is CCNC(=NCc1ccccc1OC1CCC1)NCc1ccco1. The average Bonchev–Trinajstić information content (AvgIpc) is 3.08. The number of guanidine groups is 1. The molecule has 2 N–H and O–H groups in total. The van der Waals surface area contributed by atoms with Gasteiger partial charge in [-0.1, -0.05) is 18.2 Å². The molecule has 0 radical (unpaired) electrons. The highest BCUT2D eigenvalue weighted by molar-refractivity contribution is 5.79. The van der Waals surface area contributed by atoms with Crippen molar-refractivity contribution in [2.24, 2.45) is 4.99 Å². The highest BCUT2D eigenvalue weighted by atomic mass is 16.5. The minimum atomic E-state index is 0.375. The zero-order valence-corrected chi connectivity index (χ0v) is 14.1. The molecule has 0 unspecified atom stereocenters. The molecular weight excluding hydrogens is 302 g/mol. The Bertz CT molecular complexity index is 648. The molecule has 1 aliphatic carbocycles. The molecule has 5 heteroatoms. The molecule has 1 saturated carbocycles. The van der Waals surface area contributed by atoms with Gasteiger partial charge in [0, 0.05) is 12.1 Å². The van der Waals surface area contributed by atoms with Crippen molar-refractivity contribution in [1.29, 1.82) is 0 Å². The maximum Gasteiger partial charge on any atom is 0.191 e. The van der Waals surface area contributed by atoms with Gasteiger partial charge in [-0.05, 0) is 44.4 Å².